The van der Waals surface area contributed by atoms with Gasteiger partial charge in [0.2, 0.25) is 0 Å². The first-order chi connectivity index (χ1) is 27.3. The van der Waals surface area contributed by atoms with E-state index < -0.39 is 0 Å². The van der Waals surface area contributed by atoms with E-state index in [1.54, 1.807) is 0 Å². The van der Waals surface area contributed by atoms with Crippen molar-refractivity contribution in [1.82, 2.24) is 15.0 Å². The number of nitrogens with zero attached hydrogens (tertiary/aromatic N) is 5. The third-order valence-electron chi connectivity index (χ3n) is 9.53. The number of halogens is 4. The zero-order valence-corrected chi connectivity index (χ0v) is 35.3. The minimum Gasteiger partial charge on any atom is -0.453 e. The molecule has 0 spiro atoms. The molecule has 270 valence electrons. The Morgan fingerprint density at radius 3 is 0.964 bits per heavy atom. The SMILES string of the molecule is Brc1ccc2c(c1)Oc1cc(Br)ccc1N2c1ccc(-c2nc(-c3ccccc3)nc(-c3ccc(N4c5ccc(Br)cc5Oc5cc(Br)ccc54)cc3)n2)cc1. The summed E-state index contributed by atoms with van der Waals surface area (Å²) in [7, 11) is 0. The fraction of sp³-hybridized carbons (Fsp3) is 0. The second kappa shape index (κ2) is 14.3. The summed E-state index contributed by atoms with van der Waals surface area (Å²) in [6.07, 6.45) is 0. The normalized spacial score (nSPS) is 12.5. The zero-order valence-electron chi connectivity index (χ0n) is 29.0. The van der Waals surface area contributed by atoms with E-state index in [9.17, 15) is 0 Å². The maximum Gasteiger partial charge on any atom is 0.164 e. The smallest absolute Gasteiger partial charge is 0.164 e. The van der Waals surface area contributed by atoms with Gasteiger partial charge in [0.1, 0.15) is 0 Å². The van der Waals surface area contributed by atoms with Crippen molar-refractivity contribution in [2.24, 2.45) is 0 Å². The van der Waals surface area contributed by atoms with E-state index in [1.807, 2.05) is 78.9 Å². The first kappa shape index (κ1) is 35.1. The van der Waals surface area contributed by atoms with Crippen molar-refractivity contribution in [3.63, 3.8) is 0 Å². The maximum atomic E-state index is 6.34. The van der Waals surface area contributed by atoms with Gasteiger partial charge in [0.25, 0.3) is 0 Å². The second-order valence-corrected chi connectivity index (χ2v) is 16.8. The van der Waals surface area contributed by atoms with E-state index in [0.717, 1.165) is 91.7 Å². The number of ether oxygens (including phenoxy) is 2. The lowest BCUT2D eigenvalue weighted by Gasteiger charge is -2.33. The molecule has 2 aliphatic rings. The van der Waals surface area contributed by atoms with Crippen LogP contribution in [0.4, 0.5) is 34.1 Å². The van der Waals surface area contributed by atoms with Crippen LogP contribution >= 0.6 is 63.7 Å². The van der Waals surface area contributed by atoms with Crippen molar-refractivity contribution in [3.05, 3.63) is 170 Å². The lowest BCUT2D eigenvalue weighted by molar-refractivity contribution is 0.476. The molecular formula is C45H25Br4N5O2. The first-order valence-electron chi connectivity index (χ1n) is 17.5. The number of aromatic nitrogens is 3. The quantitative estimate of drug-likeness (QED) is 0.170. The first-order valence-corrected chi connectivity index (χ1v) is 20.7. The highest BCUT2D eigenvalue weighted by Gasteiger charge is 2.28. The molecule has 0 amide bonds. The minimum absolute atomic E-state index is 0.576. The number of fused-ring (bicyclic) bond motifs is 4. The largest absolute Gasteiger partial charge is 0.453 e. The molecule has 7 nitrogen and oxygen atoms in total. The Labute approximate surface area is 356 Å². The molecule has 56 heavy (non-hydrogen) atoms. The molecule has 0 unspecified atom stereocenters. The van der Waals surface area contributed by atoms with Crippen LogP contribution in [0.2, 0.25) is 0 Å². The molecular weight excluding hydrogens is 962 g/mol. The Bertz CT molecular complexity index is 2550. The molecule has 1 aromatic heterocycles. The van der Waals surface area contributed by atoms with E-state index in [1.165, 1.54) is 0 Å². The Morgan fingerprint density at radius 1 is 0.339 bits per heavy atom. The summed E-state index contributed by atoms with van der Waals surface area (Å²) in [5.41, 5.74) is 8.36. The van der Waals surface area contributed by atoms with Crippen LogP contribution in [0, 0.1) is 0 Å². The molecule has 2 aliphatic heterocycles. The second-order valence-electron chi connectivity index (χ2n) is 13.1. The molecule has 0 N–H and O–H groups in total. The van der Waals surface area contributed by atoms with E-state index in [2.05, 4.69) is 146 Å². The van der Waals surface area contributed by atoms with Gasteiger partial charge < -0.3 is 19.3 Å². The zero-order chi connectivity index (χ0) is 37.9. The van der Waals surface area contributed by atoms with Crippen LogP contribution < -0.4 is 19.3 Å². The molecule has 0 radical (unpaired) electrons. The van der Waals surface area contributed by atoms with Crippen LogP contribution in [-0.2, 0) is 0 Å². The average molecular weight is 987 g/mol. The van der Waals surface area contributed by atoms with Gasteiger partial charge in [-0.15, -0.1) is 0 Å². The molecule has 3 heterocycles. The van der Waals surface area contributed by atoms with Gasteiger partial charge in [0.05, 0.1) is 22.7 Å². The molecule has 7 aromatic carbocycles. The Morgan fingerprint density at radius 2 is 0.643 bits per heavy atom. The molecule has 8 aromatic rings. The van der Waals surface area contributed by atoms with E-state index in [-0.39, 0.29) is 0 Å². The summed E-state index contributed by atoms with van der Waals surface area (Å²) in [5.74, 6) is 4.80. The van der Waals surface area contributed by atoms with Crippen molar-refractivity contribution in [3.8, 4) is 57.2 Å². The highest BCUT2D eigenvalue weighted by molar-refractivity contribution is 9.11. The third kappa shape index (κ3) is 6.48. The van der Waals surface area contributed by atoms with Crippen molar-refractivity contribution < 1.29 is 9.47 Å². The maximum absolute atomic E-state index is 6.34. The number of hydrogen-bond acceptors (Lipinski definition) is 7. The van der Waals surface area contributed by atoms with Crippen LogP contribution in [0.15, 0.2) is 170 Å². The predicted octanol–water partition coefficient (Wildman–Crippen LogP) is 15.1. The summed E-state index contributed by atoms with van der Waals surface area (Å²) in [5, 5.41) is 0. The molecule has 0 saturated heterocycles. The molecule has 0 atom stereocenters. The molecule has 0 saturated carbocycles. The summed E-state index contributed by atoms with van der Waals surface area (Å²) < 4.78 is 16.4. The highest BCUT2D eigenvalue weighted by Crippen LogP contribution is 2.53. The summed E-state index contributed by atoms with van der Waals surface area (Å²) in [4.78, 5) is 19.4. The number of hydrogen-bond donors (Lipinski definition) is 0. The predicted molar refractivity (Wildman–Crippen MR) is 236 cm³/mol. The van der Waals surface area contributed by atoms with Crippen LogP contribution in [-0.4, -0.2) is 15.0 Å². The van der Waals surface area contributed by atoms with E-state index >= 15 is 0 Å². The Hall–Kier alpha value is -5.33. The van der Waals surface area contributed by atoms with E-state index in [0.29, 0.717) is 17.5 Å². The topological polar surface area (TPSA) is 63.6 Å². The van der Waals surface area contributed by atoms with Crippen molar-refractivity contribution >= 4 is 97.8 Å². The molecule has 0 aliphatic carbocycles. The van der Waals surface area contributed by atoms with Gasteiger partial charge in [0.15, 0.2) is 40.5 Å². The van der Waals surface area contributed by atoms with Crippen LogP contribution in [0.3, 0.4) is 0 Å². The van der Waals surface area contributed by atoms with Gasteiger partial charge in [-0.3, -0.25) is 0 Å². The molecule has 0 fully saturated rings. The summed E-state index contributed by atoms with van der Waals surface area (Å²) in [6, 6.07) is 50.9. The lowest BCUT2D eigenvalue weighted by atomic mass is 10.1. The molecule has 0 bridgehead atoms. The van der Waals surface area contributed by atoms with Crippen molar-refractivity contribution in [2.45, 2.75) is 0 Å². The van der Waals surface area contributed by atoms with Gasteiger partial charge in [-0.1, -0.05) is 94.1 Å². The van der Waals surface area contributed by atoms with Gasteiger partial charge >= 0.3 is 0 Å². The third-order valence-corrected chi connectivity index (χ3v) is 11.5. The van der Waals surface area contributed by atoms with Crippen molar-refractivity contribution in [2.75, 3.05) is 9.80 Å². The Balaban J connectivity index is 1.03. The number of anilines is 6. The summed E-state index contributed by atoms with van der Waals surface area (Å²) >= 11 is 14.4. The Kier molecular flexibility index (Phi) is 8.97. The van der Waals surface area contributed by atoms with E-state index in [4.69, 9.17) is 24.4 Å². The minimum atomic E-state index is 0.576. The fourth-order valence-corrected chi connectivity index (χ4v) is 8.30. The van der Waals surface area contributed by atoms with Crippen LogP contribution in [0.1, 0.15) is 0 Å². The fourth-order valence-electron chi connectivity index (χ4n) is 6.94. The number of benzene rings is 7. The monoisotopic (exact) mass is 983 g/mol. The van der Waals surface area contributed by atoms with Crippen LogP contribution in [0.25, 0.3) is 34.2 Å². The van der Waals surface area contributed by atoms with Gasteiger partial charge in [-0.05, 0) is 121 Å². The molecule has 11 heteroatoms. The average Bonchev–Trinajstić information content (AvgIpc) is 3.22. The van der Waals surface area contributed by atoms with Gasteiger partial charge in [-0.2, -0.15) is 0 Å². The van der Waals surface area contributed by atoms with Crippen LogP contribution in [0.5, 0.6) is 23.0 Å². The molecule has 10 rings (SSSR count). The standard InChI is InChI=1S/C45H25Br4N5O2/c46-29-10-18-35-39(22-29)55-40-23-30(47)11-19-36(40)53(35)33-14-6-27(7-15-33)44-50-43(26-4-2-1-3-5-26)51-45(52-44)28-8-16-34(17-9-28)54-37-20-12-31(48)24-41(37)56-42-25-32(49)13-21-38(42)54/h1-25H. The highest BCUT2D eigenvalue weighted by atomic mass is 79.9. The number of rotatable bonds is 5. The lowest BCUT2D eigenvalue weighted by Crippen LogP contribution is -2.15. The van der Waals surface area contributed by atoms with Crippen molar-refractivity contribution in [1.29, 1.82) is 0 Å². The van der Waals surface area contributed by atoms with Gasteiger partial charge in [0, 0.05) is 46.0 Å². The summed E-state index contributed by atoms with van der Waals surface area (Å²) in [6.45, 7) is 0. The van der Waals surface area contributed by atoms with Gasteiger partial charge in [-0.25, -0.2) is 15.0 Å².